The van der Waals surface area contributed by atoms with Crippen molar-refractivity contribution in [3.63, 3.8) is 0 Å². The van der Waals surface area contributed by atoms with Crippen molar-refractivity contribution in [1.29, 1.82) is 0 Å². The summed E-state index contributed by atoms with van der Waals surface area (Å²) in [5.74, 6) is 0. The van der Waals surface area contributed by atoms with Gasteiger partial charge in [0.1, 0.15) is 0 Å². The Morgan fingerprint density at radius 3 is 2.88 bits per heavy atom. The van der Waals surface area contributed by atoms with Crippen LogP contribution in [-0.4, -0.2) is 36.1 Å². The van der Waals surface area contributed by atoms with Crippen molar-refractivity contribution in [2.24, 2.45) is 0 Å². The second-order valence-corrected chi connectivity index (χ2v) is 6.06. The fraction of sp³-hybridized carbons (Fsp3) is 1.00. The lowest BCUT2D eigenvalue weighted by Gasteiger charge is -2.25. The van der Waals surface area contributed by atoms with Crippen LogP contribution in [0.25, 0.3) is 0 Å². The van der Waals surface area contributed by atoms with Crippen molar-refractivity contribution >= 4 is 0 Å². The Hall–Kier alpha value is -0.0800. The molecule has 3 unspecified atom stereocenters. The zero-order valence-corrected chi connectivity index (χ0v) is 11.8. The third kappa shape index (κ3) is 3.69. The molecule has 2 aliphatic rings. The number of unbranched alkanes of at least 4 members (excludes halogenated alkanes) is 3. The summed E-state index contributed by atoms with van der Waals surface area (Å²) in [6.45, 7) is 7.36. The molecule has 2 heteroatoms. The normalized spacial score (nSPS) is 30.7. The van der Waals surface area contributed by atoms with Crippen LogP contribution in [0.2, 0.25) is 0 Å². The van der Waals surface area contributed by atoms with Crippen molar-refractivity contribution in [1.82, 2.24) is 10.2 Å². The first-order valence-electron chi connectivity index (χ1n) is 7.81. The minimum absolute atomic E-state index is 0.720. The van der Waals surface area contributed by atoms with E-state index in [-0.39, 0.29) is 0 Å². The van der Waals surface area contributed by atoms with Gasteiger partial charge in [-0.3, -0.25) is 4.90 Å². The average molecular weight is 238 g/mol. The van der Waals surface area contributed by atoms with Crippen LogP contribution < -0.4 is 5.32 Å². The van der Waals surface area contributed by atoms with Crippen molar-refractivity contribution in [3.05, 3.63) is 0 Å². The van der Waals surface area contributed by atoms with Crippen molar-refractivity contribution in [2.75, 3.05) is 13.1 Å². The van der Waals surface area contributed by atoms with E-state index in [9.17, 15) is 0 Å². The van der Waals surface area contributed by atoms with Crippen LogP contribution >= 0.6 is 0 Å². The first-order valence-corrected chi connectivity index (χ1v) is 7.81. The molecule has 0 spiro atoms. The minimum Gasteiger partial charge on any atom is -0.310 e. The topological polar surface area (TPSA) is 15.3 Å². The van der Waals surface area contributed by atoms with Crippen LogP contribution in [0.4, 0.5) is 0 Å². The zero-order valence-electron chi connectivity index (χ0n) is 11.8. The van der Waals surface area contributed by atoms with Gasteiger partial charge in [0.05, 0.1) is 0 Å². The fourth-order valence-corrected chi connectivity index (χ4v) is 3.60. The molecule has 2 nitrogen and oxygen atoms in total. The molecule has 2 fully saturated rings. The average Bonchev–Trinajstić information content (AvgIpc) is 2.89. The highest BCUT2D eigenvalue weighted by molar-refractivity contribution is 4.96. The molecule has 0 bridgehead atoms. The van der Waals surface area contributed by atoms with Crippen LogP contribution in [0.1, 0.15) is 65.2 Å². The smallest absolute Gasteiger partial charge is 0.0250 e. The molecule has 1 N–H and O–H groups in total. The van der Waals surface area contributed by atoms with E-state index >= 15 is 0 Å². The summed E-state index contributed by atoms with van der Waals surface area (Å²) in [5, 5.41) is 3.89. The molecule has 17 heavy (non-hydrogen) atoms. The van der Waals surface area contributed by atoms with Crippen molar-refractivity contribution in [2.45, 2.75) is 83.3 Å². The van der Waals surface area contributed by atoms with E-state index in [0.717, 1.165) is 18.1 Å². The van der Waals surface area contributed by atoms with Crippen molar-refractivity contribution in [3.8, 4) is 0 Å². The molecule has 0 aromatic heterocycles. The highest BCUT2D eigenvalue weighted by Crippen LogP contribution is 2.28. The molecule has 0 aromatic carbocycles. The molecule has 0 aliphatic carbocycles. The Morgan fingerprint density at radius 2 is 2.06 bits per heavy atom. The zero-order chi connectivity index (χ0) is 12.1. The van der Waals surface area contributed by atoms with Crippen LogP contribution in [0.5, 0.6) is 0 Å². The summed E-state index contributed by atoms with van der Waals surface area (Å²) < 4.78 is 0. The van der Waals surface area contributed by atoms with Gasteiger partial charge in [-0.25, -0.2) is 0 Å². The first kappa shape index (κ1) is 13.4. The summed E-state index contributed by atoms with van der Waals surface area (Å²) in [7, 11) is 0. The second-order valence-electron chi connectivity index (χ2n) is 6.06. The molecule has 2 rings (SSSR count). The molecule has 2 saturated heterocycles. The maximum Gasteiger partial charge on any atom is 0.0250 e. The van der Waals surface area contributed by atoms with Gasteiger partial charge in [0.15, 0.2) is 0 Å². The molecular formula is C15H30N2. The molecule has 2 heterocycles. The Morgan fingerprint density at radius 1 is 1.18 bits per heavy atom. The maximum absolute atomic E-state index is 3.89. The van der Waals surface area contributed by atoms with Gasteiger partial charge >= 0.3 is 0 Å². The Labute approximate surface area is 107 Å². The van der Waals surface area contributed by atoms with E-state index in [1.165, 1.54) is 64.5 Å². The van der Waals surface area contributed by atoms with E-state index in [1.807, 2.05) is 0 Å². The van der Waals surface area contributed by atoms with E-state index in [1.54, 1.807) is 0 Å². The summed E-state index contributed by atoms with van der Waals surface area (Å²) in [5.41, 5.74) is 0. The third-order valence-corrected chi connectivity index (χ3v) is 4.60. The SMILES string of the molecule is CCCCCCC(C)NC1CCN2CCCC12. The maximum atomic E-state index is 3.89. The van der Waals surface area contributed by atoms with Gasteiger partial charge in [0.2, 0.25) is 0 Å². The Kier molecular flexibility index (Phi) is 5.30. The lowest BCUT2D eigenvalue weighted by molar-refractivity contribution is 0.287. The Balaban J connectivity index is 1.63. The van der Waals surface area contributed by atoms with E-state index in [2.05, 4.69) is 24.1 Å². The molecule has 0 amide bonds. The van der Waals surface area contributed by atoms with Gasteiger partial charge in [-0.15, -0.1) is 0 Å². The summed E-state index contributed by atoms with van der Waals surface area (Å²) in [4.78, 5) is 2.70. The lowest BCUT2D eigenvalue weighted by Crippen LogP contribution is -2.43. The summed E-state index contributed by atoms with van der Waals surface area (Å²) in [6.07, 6.45) is 11.2. The number of rotatable bonds is 7. The van der Waals surface area contributed by atoms with E-state index in [4.69, 9.17) is 0 Å². The number of nitrogens with zero attached hydrogens (tertiary/aromatic N) is 1. The highest BCUT2D eigenvalue weighted by Gasteiger charge is 2.37. The fourth-order valence-electron chi connectivity index (χ4n) is 3.60. The van der Waals surface area contributed by atoms with Gasteiger partial charge in [-0.2, -0.15) is 0 Å². The van der Waals surface area contributed by atoms with Gasteiger partial charge in [-0.1, -0.05) is 32.6 Å². The summed E-state index contributed by atoms with van der Waals surface area (Å²) in [6, 6.07) is 2.38. The number of hydrogen-bond donors (Lipinski definition) is 1. The predicted molar refractivity (Wildman–Crippen MR) is 74.4 cm³/mol. The molecule has 2 aliphatic heterocycles. The molecule has 0 aromatic rings. The van der Waals surface area contributed by atoms with Crippen LogP contribution in [-0.2, 0) is 0 Å². The molecule has 3 atom stereocenters. The largest absolute Gasteiger partial charge is 0.310 e. The van der Waals surface area contributed by atoms with Crippen LogP contribution in [0, 0.1) is 0 Å². The van der Waals surface area contributed by atoms with Gasteiger partial charge in [-0.05, 0) is 39.2 Å². The molecule has 100 valence electrons. The quantitative estimate of drug-likeness (QED) is 0.685. The van der Waals surface area contributed by atoms with Crippen molar-refractivity contribution < 1.29 is 0 Å². The minimum atomic E-state index is 0.720. The number of nitrogens with one attached hydrogen (secondary N) is 1. The van der Waals surface area contributed by atoms with Gasteiger partial charge in [0.25, 0.3) is 0 Å². The van der Waals surface area contributed by atoms with Gasteiger partial charge in [0, 0.05) is 24.7 Å². The third-order valence-electron chi connectivity index (χ3n) is 4.60. The number of hydrogen-bond acceptors (Lipinski definition) is 2. The predicted octanol–water partition coefficient (Wildman–Crippen LogP) is 3.17. The van der Waals surface area contributed by atoms with Gasteiger partial charge < -0.3 is 5.32 Å². The molecule has 0 radical (unpaired) electrons. The number of fused-ring (bicyclic) bond motifs is 1. The first-order chi connectivity index (χ1) is 8.31. The lowest BCUT2D eigenvalue weighted by atomic mass is 10.0. The van der Waals surface area contributed by atoms with E-state index < -0.39 is 0 Å². The summed E-state index contributed by atoms with van der Waals surface area (Å²) >= 11 is 0. The monoisotopic (exact) mass is 238 g/mol. The van der Waals surface area contributed by atoms with Crippen LogP contribution in [0.15, 0.2) is 0 Å². The Bertz CT molecular complexity index is 217. The molecular weight excluding hydrogens is 208 g/mol. The van der Waals surface area contributed by atoms with Crippen LogP contribution in [0.3, 0.4) is 0 Å². The molecule has 0 saturated carbocycles. The second kappa shape index (κ2) is 6.75. The highest BCUT2D eigenvalue weighted by atomic mass is 15.2. The van der Waals surface area contributed by atoms with E-state index in [0.29, 0.717) is 0 Å². The standard InChI is InChI=1S/C15H30N2/c1-3-4-5-6-8-13(2)16-14-10-12-17-11-7-9-15(14)17/h13-16H,3-12H2,1-2H3.